The fraction of sp³-hybridized carbons (Fsp3) is 0.382. The van der Waals surface area contributed by atoms with Gasteiger partial charge in [-0.05, 0) is 67.0 Å². The van der Waals surface area contributed by atoms with Crippen LogP contribution in [-0.2, 0) is 6.54 Å². The number of carboxylic acid groups (broad SMARTS) is 1. The number of carbonyl (C=O) groups is 2. The summed E-state index contributed by atoms with van der Waals surface area (Å²) in [5, 5.41) is 10.4. The SMILES string of the molecule is COc1ccc(-c2cccnc2)cc1CN(C(=O)c1sc2cccc(F)c2c1Cl)C1CCC(N(CC(C)(C)C)C(=O)O)CC1. The number of aromatic nitrogens is 1. The second kappa shape index (κ2) is 13.1. The zero-order valence-corrected chi connectivity index (χ0v) is 26.9. The zero-order chi connectivity index (χ0) is 31.6. The molecule has 0 saturated heterocycles. The van der Waals surface area contributed by atoms with Crippen LogP contribution in [0.15, 0.2) is 60.9 Å². The Morgan fingerprint density at radius 3 is 2.34 bits per heavy atom. The molecule has 232 valence electrons. The van der Waals surface area contributed by atoms with Crippen LogP contribution >= 0.6 is 22.9 Å². The fourth-order valence-corrected chi connectivity index (χ4v) is 7.56. The molecule has 1 aliphatic carbocycles. The number of methoxy groups -OCH3 is 1. The molecule has 1 fully saturated rings. The van der Waals surface area contributed by atoms with E-state index in [-0.39, 0.29) is 45.2 Å². The number of ether oxygens (including phenoxy) is 1. The Bertz CT molecular complexity index is 1650. The van der Waals surface area contributed by atoms with Crippen LogP contribution in [0.1, 0.15) is 61.7 Å². The van der Waals surface area contributed by atoms with Gasteiger partial charge in [-0.1, -0.05) is 50.6 Å². The highest BCUT2D eigenvalue weighted by atomic mass is 35.5. The van der Waals surface area contributed by atoms with Gasteiger partial charge in [-0.3, -0.25) is 9.78 Å². The molecule has 2 amide bonds. The fourth-order valence-electron chi connectivity index (χ4n) is 6.05. The van der Waals surface area contributed by atoms with Gasteiger partial charge >= 0.3 is 6.09 Å². The van der Waals surface area contributed by atoms with Crippen molar-refractivity contribution in [3.05, 3.63) is 82.2 Å². The summed E-state index contributed by atoms with van der Waals surface area (Å²) >= 11 is 7.87. The van der Waals surface area contributed by atoms with Crippen molar-refractivity contribution in [1.29, 1.82) is 0 Å². The van der Waals surface area contributed by atoms with Gasteiger partial charge in [-0.25, -0.2) is 9.18 Å². The third kappa shape index (κ3) is 6.84. The van der Waals surface area contributed by atoms with Crippen molar-refractivity contribution >= 4 is 45.0 Å². The van der Waals surface area contributed by atoms with E-state index in [9.17, 15) is 19.1 Å². The maximum absolute atomic E-state index is 14.8. The molecular formula is C34H37ClFN3O4S. The van der Waals surface area contributed by atoms with Gasteiger partial charge in [0.05, 0.1) is 12.1 Å². The average molecular weight is 638 g/mol. The maximum Gasteiger partial charge on any atom is 0.407 e. The van der Waals surface area contributed by atoms with E-state index in [1.54, 1.807) is 36.5 Å². The number of fused-ring (bicyclic) bond motifs is 1. The van der Waals surface area contributed by atoms with Crippen LogP contribution in [-0.4, -0.2) is 57.6 Å². The van der Waals surface area contributed by atoms with Crippen LogP contribution in [0.25, 0.3) is 21.2 Å². The van der Waals surface area contributed by atoms with Crippen molar-refractivity contribution in [2.24, 2.45) is 5.41 Å². The van der Waals surface area contributed by atoms with E-state index < -0.39 is 11.9 Å². The first kappa shape index (κ1) is 31.7. The Morgan fingerprint density at radius 1 is 1.05 bits per heavy atom. The number of benzene rings is 2. The molecule has 2 aromatic heterocycles. The lowest BCUT2D eigenvalue weighted by molar-refractivity contribution is 0.0492. The van der Waals surface area contributed by atoms with Crippen LogP contribution in [0, 0.1) is 11.2 Å². The van der Waals surface area contributed by atoms with Crippen molar-refractivity contribution in [3.63, 3.8) is 0 Å². The molecule has 44 heavy (non-hydrogen) atoms. The molecule has 4 aromatic rings. The quantitative estimate of drug-likeness (QED) is 0.209. The molecule has 2 aromatic carbocycles. The molecule has 0 aliphatic heterocycles. The van der Waals surface area contributed by atoms with Gasteiger partial charge in [0.25, 0.3) is 5.91 Å². The van der Waals surface area contributed by atoms with Crippen molar-refractivity contribution in [3.8, 4) is 16.9 Å². The Morgan fingerprint density at radius 2 is 1.75 bits per heavy atom. The number of halogens is 2. The molecule has 0 bridgehead atoms. The minimum Gasteiger partial charge on any atom is -0.496 e. The van der Waals surface area contributed by atoms with E-state index in [2.05, 4.69) is 4.98 Å². The maximum atomic E-state index is 14.8. The highest BCUT2D eigenvalue weighted by molar-refractivity contribution is 7.21. The third-order valence-electron chi connectivity index (χ3n) is 8.12. The molecule has 5 rings (SSSR count). The monoisotopic (exact) mass is 637 g/mol. The van der Waals surface area contributed by atoms with Crippen molar-refractivity contribution < 1.29 is 23.8 Å². The normalized spacial score (nSPS) is 17.0. The van der Waals surface area contributed by atoms with E-state index in [1.807, 2.05) is 56.0 Å². The number of nitrogens with zero attached hydrogens (tertiary/aromatic N) is 3. The van der Waals surface area contributed by atoms with Crippen LogP contribution in [0.4, 0.5) is 9.18 Å². The first-order chi connectivity index (χ1) is 21.0. The van der Waals surface area contributed by atoms with Crippen molar-refractivity contribution in [1.82, 2.24) is 14.8 Å². The second-order valence-electron chi connectivity index (χ2n) is 12.5. The summed E-state index contributed by atoms with van der Waals surface area (Å²) in [6, 6.07) is 14.1. The lowest BCUT2D eigenvalue weighted by Gasteiger charge is -2.41. The standard InChI is InChI=1S/C34H37ClFN3O4S/c1-34(2,3)20-39(33(41)42)25-13-11-24(12-14-25)38(32(40)31-30(35)29-26(36)8-5-9-28(29)44-31)19-23-17-21(10-15-27(23)43-4)22-7-6-16-37-18-22/h5-10,15-18,24-25H,11-14,19-20H2,1-4H3,(H,41,42). The number of thiophene rings is 1. The zero-order valence-electron chi connectivity index (χ0n) is 25.3. The van der Waals surface area contributed by atoms with Gasteiger partial charge in [0.15, 0.2) is 0 Å². The molecule has 0 unspecified atom stereocenters. The van der Waals surface area contributed by atoms with Gasteiger partial charge in [0.2, 0.25) is 0 Å². The average Bonchev–Trinajstić information content (AvgIpc) is 3.35. The van der Waals surface area contributed by atoms with E-state index in [0.717, 1.165) is 16.7 Å². The smallest absolute Gasteiger partial charge is 0.407 e. The number of amides is 2. The molecule has 1 N–H and O–H groups in total. The summed E-state index contributed by atoms with van der Waals surface area (Å²) in [4.78, 5) is 34.5. The van der Waals surface area contributed by atoms with Gasteiger partial charge in [-0.15, -0.1) is 11.3 Å². The Labute approximate surface area is 266 Å². The van der Waals surface area contributed by atoms with Gasteiger partial charge in [-0.2, -0.15) is 0 Å². The summed E-state index contributed by atoms with van der Waals surface area (Å²) in [5.74, 6) is -0.106. The third-order valence-corrected chi connectivity index (χ3v) is 9.75. The largest absolute Gasteiger partial charge is 0.496 e. The summed E-state index contributed by atoms with van der Waals surface area (Å²) in [6.07, 6.45) is 5.06. The van der Waals surface area contributed by atoms with Crippen LogP contribution in [0.3, 0.4) is 0 Å². The Kier molecular flexibility index (Phi) is 9.46. The number of hydrogen-bond acceptors (Lipinski definition) is 5. The lowest BCUT2D eigenvalue weighted by Crippen LogP contribution is -2.49. The molecule has 1 saturated carbocycles. The summed E-state index contributed by atoms with van der Waals surface area (Å²) < 4.78 is 21.1. The molecule has 7 nitrogen and oxygen atoms in total. The second-order valence-corrected chi connectivity index (χ2v) is 13.9. The highest BCUT2D eigenvalue weighted by Gasteiger charge is 2.36. The number of pyridine rings is 1. The predicted molar refractivity (Wildman–Crippen MR) is 173 cm³/mol. The molecular weight excluding hydrogens is 601 g/mol. The minimum atomic E-state index is -0.924. The van der Waals surface area contributed by atoms with Crippen LogP contribution in [0.2, 0.25) is 5.02 Å². The molecule has 10 heteroatoms. The van der Waals surface area contributed by atoms with E-state index >= 15 is 0 Å². The predicted octanol–water partition coefficient (Wildman–Crippen LogP) is 8.74. The molecule has 0 radical (unpaired) electrons. The minimum absolute atomic E-state index is 0.116. The molecule has 0 spiro atoms. The van der Waals surface area contributed by atoms with E-state index in [0.29, 0.717) is 42.7 Å². The van der Waals surface area contributed by atoms with Gasteiger partial charge in [0.1, 0.15) is 16.4 Å². The summed E-state index contributed by atoms with van der Waals surface area (Å²) in [5.41, 5.74) is 2.50. The first-order valence-electron chi connectivity index (χ1n) is 14.7. The van der Waals surface area contributed by atoms with E-state index in [1.165, 1.54) is 17.4 Å². The number of rotatable bonds is 8. The summed E-state index contributed by atoms with van der Waals surface area (Å²) in [6.45, 7) is 6.75. The molecule has 1 aliphatic rings. The Balaban J connectivity index is 1.50. The lowest BCUT2D eigenvalue weighted by atomic mass is 9.87. The first-order valence-corrected chi connectivity index (χ1v) is 15.9. The number of carbonyl (C=O) groups excluding carboxylic acids is 1. The molecule has 0 atom stereocenters. The van der Waals surface area contributed by atoms with Gasteiger partial charge < -0.3 is 19.6 Å². The number of hydrogen-bond donors (Lipinski definition) is 1. The van der Waals surface area contributed by atoms with E-state index in [4.69, 9.17) is 16.3 Å². The van der Waals surface area contributed by atoms with Crippen molar-refractivity contribution in [2.75, 3.05) is 13.7 Å². The van der Waals surface area contributed by atoms with Gasteiger partial charge in [0, 0.05) is 58.8 Å². The highest BCUT2D eigenvalue weighted by Crippen LogP contribution is 2.40. The van der Waals surface area contributed by atoms with Crippen molar-refractivity contribution in [2.45, 2.75) is 65.1 Å². The van der Waals surface area contributed by atoms with Crippen LogP contribution < -0.4 is 4.74 Å². The summed E-state index contributed by atoms with van der Waals surface area (Å²) in [7, 11) is 1.60. The Hall–Kier alpha value is -3.69. The molecule has 2 heterocycles. The van der Waals surface area contributed by atoms with Crippen LogP contribution in [0.5, 0.6) is 5.75 Å². The topological polar surface area (TPSA) is 83.0 Å².